The monoisotopic (exact) mass is 282 g/mol. The Morgan fingerprint density at radius 3 is 3.11 bits per heavy atom. The topological polar surface area (TPSA) is 50.4 Å². The molecule has 2 N–H and O–H groups in total. The van der Waals surface area contributed by atoms with Crippen LogP contribution < -0.4 is 15.4 Å². The number of amides is 1. The number of hydrogen-bond acceptors (Lipinski definition) is 3. The Morgan fingerprint density at radius 1 is 1.58 bits per heavy atom. The van der Waals surface area contributed by atoms with Crippen molar-refractivity contribution < 1.29 is 9.53 Å². The van der Waals surface area contributed by atoms with E-state index >= 15 is 0 Å². The molecule has 1 amide bonds. The second-order valence-electron chi connectivity index (χ2n) is 4.63. The first-order chi connectivity index (χ1) is 9.20. The van der Waals surface area contributed by atoms with E-state index in [-0.39, 0.29) is 11.9 Å². The van der Waals surface area contributed by atoms with Crippen molar-refractivity contribution in [2.24, 2.45) is 0 Å². The lowest BCUT2D eigenvalue weighted by molar-refractivity contribution is -0.117. The summed E-state index contributed by atoms with van der Waals surface area (Å²) >= 11 is 5.97. The molecule has 0 spiro atoms. The zero-order valence-electron chi connectivity index (χ0n) is 11.0. The number of hydrogen-bond donors (Lipinski definition) is 2. The average molecular weight is 283 g/mol. The molecular formula is C14H19ClN2O2. The van der Waals surface area contributed by atoms with Gasteiger partial charge in [0.1, 0.15) is 5.75 Å². The highest BCUT2D eigenvalue weighted by molar-refractivity contribution is 6.31. The number of nitrogens with one attached hydrogen (secondary N) is 2. The second-order valence-corrected chi connectivity index (χ2v) is 5.06. The van der Waals surface area contributed by atoms with Crippen molar-refractivity contribution in [1.82, 2.24) is 5.32 Å². The summed E-state index contributed by atoms with van der Waals surface area (Å²) in [6.45, 7) is 3.55. The van der Waals surface area contributed by atoms with Crippen molar-refractivity contribution in [2.45, 2.75) is 32.2 Å². The molecule has 1 saturated heterocycles. The van der Waals surface area contributed by atoms with Crippen molar-refractivity contribution in [3.8, 4) is 5.75 Å². The highest BCUT2D eigenvalue weighted by Crippen LogP contribution is 2.28. The summed E-state index contributed by atoms with van der Waals surface area (Å²) in [7, 11) is 0. The Labute approximate surface area is 118 Å². The molecule has 1 aliphatic heterocycles. The molecule has 0 bridgehead atoms. The van der Waals surface area contributed by atoms with Crippen LogP contribution in [0.15, 0.2) is 18.2 Å². The molecule has 1 atom stereocenters. The van der Waals surface area contributed by atoms with E-state index in [2.05, 4.69) is 10.6 Å². The van der Waals surface area contributed by atoms with Crippen LogP contribution in [0.2, 0.25) is 5.02 Å². The van der Waals surface area contributed by atoms with Crippen LogP contribution in [0.3, 0.4) is 0 Å². The van der Waals surface area contributed by atoms with E-state index < -0.39 is 0 Å². The predicted octanol–water partition coefficient (Wildman–Crippen LogP) is 2.82. The van der Waals surface area contributed by atoms with Crippen LogP contribution in [0, 0.1) is 0 Å². The van der Waals surface area contributed by atoms with Crippen LogP contribution in [0.5, 0.6) is 5.75 Å². The van der Waals surface area contributed by atoms with Crippen LogP contribution in [0.4, 0.5) is 5.69 Å². The summed E-state index contributed by atoms with van der Waals surface area (Å²) in [6, 6.07) is 5.16. The maximum Gasteiger partial charge on any atom is 0.241 e. The van der Waals surface area contributed by atoms with E-state index in [0.29, 0.717) is 23.1 Å². The van der Waals surface area contributed by atoms with Gasteiger partial charge in [0.05, 0.1) is 18.3 Å². The predicted molar refractivity (Wildman–Crippen MR) is 76.9 cm³/mol. The second kappa shape index (κ2) is 6.78. The molecule has 1 heterocycles. The molecule has 1 aromatic rings. The van der Waals surface area contributed by atoms with Gasteiger partial charge in [0.25, 0.3) is 0 Å². The molecule has 1 aliphatic rings. The minimum atomic E-state index is -0.113. The van der Waals surface area contributed by atoms with Gasteiger partial charge in [0, 0.05) is 5.02 Å². The lowest BCUT2D eigenvalue weighted by atomic mass is 10.2. The molecule has 1 unspecified atom stereocenters. The minimum Gasteiger partial charge on any atom is -0.491 e. The number of ether oxygens (including phenoxy) is 1. The third-order valence-electron chi connectivity index (χ3n) is 3.04. The minimum absolute atomic E-state index is 0.0267. The highest BCUT2D eigenvalue weighted by atomic mass is 35.5. The van der Waals surface area contributed by atoms with Crippen molar-refractivity contribution in [3.63, 3.8) is 0 Å². The molecule has 0 aromatic heterocycles. The fourth-order valence-corrected chi connectivity index (χ4v) is 2.24. The summed E-state index contributed by atoms with van der Waals surface area (Å²) in [5.41, 5.74) is 0.639. The van der Waals surface area contributed by atoms with Gasteiger partial charge in [-0.2, -0.15) is 0 Å². The van der Waals surface area contributed by atoms with Gasteiger partial charge in [0.15, 0.2) is 0 Å². The van der Waals surface area contributed by atoms with E-state index in [0.717, 1.165) is 25.8 Å². The van der Waals surface area contributed by atoms with Gasteiger partial charge in [0.2, 0.25) is 5.91 Å². The Hall–Kier alpha value is -1.26. The van der Waals surface area contributed by atoms with E-state index in [4.69, 9.17) is 16.3 Å². The van der Waals surface area contributed by atoms with Crippen LogP contribution in [0.1, 0.15) is 26.2 Å². The molecule has 1 fully saturated rings. The average Bonchev–Trinajstić information content (AvgIpc) is 2.92. The van der Waals surface area contributed by atoms with Crippen molar-refractivity contribution in [1.29, 1.82) is 0 Å². The molecule has 0 aliphatic carbocycles. The number of halogens is 1. The number of benzene rings is 1. The van der Waals surface area contributed by atoms with Gasteiger partial charge in [-0.15, -0.1) is 0 Å². The molecule has 19 heavy (non-hydrogen) atoms. The standard InChI is InChI=1S/C14H19ClN2O2/c1-2-8-19-13-6-5-10(15)9-12(13)17-14(18)11-4-3-7-16-11/h5-6,9,11,16H,2-4,7-8H2,1H3,(H,17,18). The molecule has 104 valence electrons. The Morgan fingerprint density at radius 2 is 2.42 bits per heavy atom. The molecule has 2 rings (SSSR count). The van der Waals surface area contributed by atoms with Gasteiger partial charge < -0.3 is 15.4 Å². The van der Waals surface area contributed by atoms with Crippen molar-refractivity contribution in [3.05, 3.63) is 23.2 Å². The molecular weight excluding hydrogens is 264 g/mol. The van der Waals surface area contributed by atoms with E-state index in [1.54, 1.807) is 18.2 Å². The first-order valence-electron chi connectivity index (χ1n) is 6.67. The van der Waals surface area contributed by atoms with E-state index in [9.17, 15) is 4.79 Å². The first-order valence-corrected chi connectivity index (χ1v) is 7.05. The fourth-order valence-electron chi connectivity index (χ4n) is 2.07. The van der Waals surface area contributed by atoms with Gasteiger partial charge in [-0.3, -0.25) is 4.79 Å². The summed E-state index contributed by atoms with van der Waals surface area (Å²) in [4.78, 5) is 12.1. The third kappa shape index (κ3) is 3.85. The van der Waals surface area contributed by atoms with Crippen LogP contribution in [-0.2, 0) is 4.79 Å². The van der Waals surface area contributed by atoms with Crippen molar-refractivity contribution in [2.75, 3.05) is 18.5 Å². The maximum absolute atomic E-state index is 12.1. The van der Waals surface area contributed by atoms with Crippen LogP contribution in [-0.4, -0.2) is 25.1 Å². The van der Waals surface area contributed by atoms with E-state index in [1.807, 2.05) is 6.92 Å². The number of anilines is 1. The maximum atomic E-state index is 12.1. The van der Waals surface area contributed by atoms with Crippen LogP contribution >= 0.6 is 11.6 Å². The molecule has 4 nitrogen and oxygen atoms in total. The van der Waals surface area contributed by atoms with Crippen LogP contribution in [0.25, 0.3) is 0 Å². The normalized spacial score (nSPS) is 18.3. The molecule has 5 heteroatoms. The number of rotatable bonds is 5. The van der Waals surface area contributed by atoms with Gasteiger partial charge in [-0.1, -0.05) is 18.5 Å². The molecule has 0 saturated carbocycles. The lowest BCUT2D eigenvalue weighted by Crippen LogP contribution is -2.35. The zero-order valence-corrected chi connectivity index (χ0v) is 11.8. The Kier molecular flexibility index (Phi) is 5.05. The third-order valence-corrected chi connectivity index (χ3v) is 3.27. The molecule has 0 radical (unpaired) electrons. The number of carbonyl (C=O) groups is 1. The van der Waals surface area contributed by atoms with E-state index in [1.165, 1.54) is 0 Å². The Balaban J connectivity index is 2.08. The SMILES string of the molecule is CCCOc1ccc(Cl)cc1NC(=O)C1CCCN1. The quantitative estimate of drug-likeness (QED) is 0.873. The number of carbonyl (C=O) groups excluding carboxylic acids is 1. The van der Waals surface area contributed by atoms with Crippen molar-refractivity contribution >= 4 is 23.2 Å². The van der Waals surface area contributed by atoms with Gasteiger partial charge in [-0.25, -0.2) is 0 Å². The van der Waals surface area contributed by atoms with Gasteiger partial charge in [-0.05, 0) is 44.0 Å². The summed E-state index contributed by atoms with van der Waals surface area (Å²) in [6.07, 6.45) is 2.82. The highest BCUT2D eigenvalue weighted by Gasteiger charge is 2.22. The van der Waals surface area contributed by atoms with Gasteiger partial charge >= 0.3 is 0 Å². The zero-order chi connectivity index (χ0) is 13.7. The largest absolute Gasteiger partial charge is 0.491 e. The first kappa shape index (κ1) is 14.2. The molecule has 1 aromatic carbocycles. The lowest BCUT2D eigenvalue weighted by Gasteiger charge is -2.15. The summed E-state index contributed by atoms with van der Waals surface area (Å²) in [5, 5.41) is 6.64. The summed E-state index contributed by atoms with van der Waals surface area (Å²) in [5.74, 6) is 0.638. The fraction of sp³-hybridized carbons (Fsp3) is 0.500. The smallest absolute Gasteiger partial charge is 0.241 e. The Bertz CT molecular complexity index is 445. The summed E-state index contributed by atoms with van der Waals surface area (Å²) < 4.78 is 5.61.